The number of methoxy groups -OCH3 is 2. The van der Waals surface area contributed by atoms with Crippen LogP contribution in [0.25, 0.3) is 22.6 Å². The van der Waals surface area contributed by atoms with Gasteiger partial charge in [-0.3, -0.25) is 0 Å². The van der Waals surface area contributed by atoms with Gasteiger partial charge in [0.25, 0.3) is 0 Å². The maximum atomic E-state index is 13.3. The molecule has 0 unspecified atom stereocenters. The molecule has 0 radical (unpaired) electrons. The minimum absolute atomic E-state index is 0.0278. The van der Waals surface area contributed by atoms with E-state index in [2.05, 4.69) is 15.4 Å². The number of aromatic nitrogens is 5. The third kappa shape index (κ3) is 4.54. The summed E-state index contributed by atoms with van der Waals surface area (Å²) in [6, 6.07) is 10.3. The number of hydrogen-bond acceptors (Lipinski definition) is 5. The van der Waals surface area contributed by atoms with Gasteiger partial charge in [0.05, 0.1) is 31.8 Å². The summed E-state index contributed by atoms with van der Waals surface area (Å²) in [4.78, 5) is 0. The summed E-state index contributed by atoms with van der Waals surface area (Å²) in [5.41, 5.74) is -1.87. The molecule has 4 rings (SSSR count). The number of benzene rings is 2. The van der Waals surface area contributed by atoms with Crippen LogP contribution in [-0.4, -0.2) is 39.0 Å². The molecule has 2 heterocycles. The summed E-state index contributed by atoms with van der Waals surface area (Å²) in [7, 11) is 3.00. The molecule has 0 amide bonds. The Labute approximate surface area is 188 Å². The zero-order valence-corrected chi connectivity index (χ0v) is 17.5. The van der Waals surface area contributed by atoms with Crippen molar-refractivity contribution in [2.45, 2.75) is 12.4 Å². The molecule has 0 spiro atoms. The van der Waals surface area contributed by atoms with Gasteiger partial charge < -0.3 is 9.47 Å². The average molecular weight is 483 g/mol. The van der Waals surface area contributed by atoms with Crippen LogP contribution in [0.15, 0.2) is 54.7 Å². The third-order valence-corrected chi connectivity index (χ3v) is 4.79. The molecule has 0 fully saturated rings. The van der Waals surface area contributed by atoms with E-state index in [1.807, 2.05) is 0 Å². The topological polar surface area (TPSA) is 67.0 Å². The van der Waals surface area contributed by atoms with Crippen LogP contribution in [0.3, 0.4) is 0 Å². The van der Waals surface area contributed by atoms with Gasteiger partial charge in [-0.15, -0.1) is 5.10 Å². The first-order chi connectivity index (χ1) is 16.0. The Hall–Kier alpha value is -4.03. The Morgan fingerprint density at radius 3 is 1.88 bits per heavy atom. The number of nitrogens with zero attached hydrogens (tertiary/aromatic N) is 5. The summed E-state index contributed by atoms with van der Waals surface area (Å²) >= 11 is 0. The normalized spacial score (nSPS) is 12.1. The van der Waals surface area contributed by atoms with Gasteiger partial charge in [-0.1, -0.05) is 5.21 Å². The predicted molar refractivity (Wildman–Crippen MR) is 107 cm³/mol. The highest BCUT2D eigenvalue weighted by Crippen LogP contribution is 2.36. The van der Waals surface area contributed by atoms with Gasteiger partial charge in [0, 0.05) is 17.7 Å². The van der Waals surface area contributed by atoms with E-state index in [-0.39, 0.29) is 16.4 Å². The Morgan fingerprint density at radius 1 is 0.765 bits per heavy atom. The van der Waals surface area contributed by atoms with E-state index in [4.69, 9.17) is 9.47 Å². The molecule has 0 aliphatic rings. The van der Waals surface area contributed by atoms with Gasteiger partial charge >= 0.3 is 12.4 Å². The quantitative estimate of drug-likeness (QED) is 0.366. The molecule has 2 aromatic heterocycles. The molecular weight excluding hydrogens is 468 g/mol. The molecule has 0 saturated carbocycles. The molecule has 0 saturated heterocycles. The SMILES string of the molecule is COc1cc(OC)cc(-c2cn(-c3ccc(-n4nc(C(F)(F)F)cc4C(F)(F)F)cc3)nn2)c1. The van der Waals surface area contributed by atoms with E-state index in [9.17, 15) is 26.3 Å². The molecule has 0 aliphatic carbocycles. The van der Waals surface area contributed by atoms with E-state index in [1.54, 1.807) is 24.4 Å². The number of hydrogen-bond donors (Lipinski definition) is 0. The van der Waals surface area contributed by atoms with Crippen molar-refractivity contribution in [1.82, 2.24) is 24.8 Å². The summed E-state index contributed by atoms with van der Waals surface area (Å²) in [6.45, 7) is 0. The molecule has 4 aromatic rings. The average Bonchev–Trinajstić information content (AvgIpc) is 3.46. The summed E-state index contributed by atoms with van der Waals surface area (Å²) in [5.74, 6) is 1.07. The predicted octanol–water partition coefficient (Wildman–Crippen LogP) is 5.17. The lowest BCUT2D eigenvalue weighted by Gasteiger charge is -2.10. The molecule has 178 valence electrons. The van der Waals surface area contributed by atoms with E-state index < -0.39 is 23.7 Å². The van der Waals surface area contributed by atoms with Gasteiger partial charge in [-0.2, -0.15) is 31.4 Å². The molecule has 7 nitrogen and oxygen atoms in total. The van der Waals surface area contributed by atoms with Crippen LogP contribution in [0.4, 0.5) is 26.3 Å². The van der Waals surface area contributed by atoms with Crippen molar-refractivity contribution in [3.63, 3.8) is 0 Å². The maximum Gasteiger partial charge on any atom is 0.435 e. The minimum Gasteiger partial charge on any atom is -0.497 e. The van der Waals surface area contributed by atoms with Crippen molar-refractivity contribution < 1.29 is 35.8 Å². The van der Waals surface area contributed by atoms with Crippen LogP contribution in [0, 0.1) is 0 Å². The van der Waals surface area contributed by atoms with E-state index >= 15 is 0 Å². The van der Waals surface area contributed by atoms with Gasteiger partial charge in [-0.25, -0.2) is 9.36 Å². The van der Waals surface area contributed by atoms with E-state index in [0.29, 0.717) is 28.4 Å². The summed E-state index contributed by atoms with van der Waals surface area (Å²) in [5, 5.41) is 11.2. The van der Waals surface area contributed by atoms with Crippen LogP contribution >= 0.6 is 0 Å². The lowest BCUT2D eigenvalue weighted by molar-refractivity contribution is -0.143. The molecule has 2 aromatic carbocycles. The monoisotopic (exact) mass is 483 g/mol. The Morgan fingerprint density at radius 2 is 1.35 bits per heavy atom. The van der Waals surface area contributed by atoms with Crippen molar-refractivity contribution in [3.8, 4) is 34.1 Å². The Balaban J connectivity index is 1.67. The highest BCUT2D eigenvalue weighted by atomic mass is 19.4. The van der Waals surface area contributed by atoms with Crippen LogP contribution in [0.1, 0.15) is 11.4 Å². The largest absolute Gasteiger partial charge is 0.497 e. The lowest BCUT2D eigenvalue weighted by atomic mass is 10.1. The molecule has 34 heavy (non-hydrogen) atoms. The Kier molecular flexibility index (Phi) is 5.71. The van der Waals surface area contributed by atoms with Crippen molar-refractivity contribution in [1.29, 1.82) is 0 Å². The van der Waals surface area contributed by atoms with Crippen LogP contribution in [0.5, 0.6) is 11.5 Å². The van der Waals surface area contributed by atoms with E-state index in [0.717, 1.165) is 0 Å². The molecule has 0 bridgehead atoms. The second-order valence-corrected chi connectivity index (χ2v) is 6.99. The van der Waals surface area contributed by atoms with Gasteiger partial charge in [0.15, 0.2) is 5.69 Å². The highest BCUT2D eigenvalue weighted by Gasteiger charge is 2.42. The standard InChI is InChI=1S/C21H15F6N5O2/c1-33-15-7-12(8-16(9-15)34-2)17-11-31(30-28-17)13-3-5-14(6-4-13)32-19(21(25,26)27)10-18(29-32)20(22,23)24/h3-11H,1-2H3. The zero-order chi connectivity index (χ0) is 24.7. The van der Waals surface area contributed by atoms with Gasteiger partial charge in [0.2, 0.25) is 0 Å². The fraction of sp³-hybridized carbons (Fsp3) is 0.190. The molecule has 0 N–H and O–H groups in total. The number of halogens is 6. The fourth-order valence-corrected chi connectivity index (χ4v) is 3.14. The van der Waals surface area contributed by atoms with Gasteiger partial charge in [-0.05, 0) is 36.4 Å². The second kappa shape index (κ2) is 8.39. The second-order valence-electron chi connectivity index (χ2n) is 6.99. The Bertz CT molecular complexity index is 1290. The summed E-state index contributed by atoms with van der Waals surface area (Å²) < 4.78 is 90.7. The van der Waals surface area contributed by atoms with Crippen molar-refractivity contribution in [2.75, 3.05) is 14.2 Å². The van der Waals surface area contributed by atoms with Crippen molar-refractivity contribution in [3.05, 3.63) is 66.1 Å². The summed E-state index contributed by atoms with van der Waals surface area (Å²) in [6.07, 6.45) is -8.49. The molecule has 0 aliphatic heterocycles. The van der Waals surface area contributed by atoms with Gasteiger partial charge in [0.1, 0.15) is 22.9 Å². The fourth-order valence-electron chi connectivity index (χ4n) is 3.14. The maximum absolute atomic E-state index is 13.3. The highest BCUT2D eigenvalue weighted by molar-refractivity contribution is 5.63. The molecular formula is C21H15F6N5O2. The van der Waals surface area contributed by atoms with Crippen LogP contribution in [0.2, 0.25) is 0 Å². The number of rotatable bonds is 5. The van der Waals surface area contributed by atoms with E-state index in [1.165, 1.54) is 43.2 Å². The smallest absolute Gasteiger partial charge is 0.435 e. The first-order valence-electron chi connectivity index (χ1n) is 9.50. The number of ether oxygens (including phenoxy) is 2. The van der Waals surface area contributed by atoms with Crippen LogP contribution < -0.4 is 9.47 Å². The molecule has 0 atom stereocenters. The first kappa shape index (κ1) is 23.1. The third-order valence-electron chi connectivity index (χ3n) is 4.79. The minimum atomic E-state index is -5.03. The molecule has 13 heteroatoms. The van der Waals surface area contributed by atoms with Crippen LogP contribution in [-0.2, 0) is 12.4 Å². The lowest BCUT2D eigenvalue weighted by Crippen LogP contribution is -2.13. The zero-order valence-electron chi connectivity index (χ0n) is 17.5. The van der Waals surface area contributed by atoms with Crippen molar-refractivity contribution >= 4 is 0 Å². The van der Waals surface area contributed by atoms with Crippen molar-refractivity contribution in [2.24, 2.45) is 0 Å². The first-order valence-corrected chi connectivity index (χ1v) is 9.50. The number of alkyl halides is 6.